The van der Waals surface area contributed by atoms with E-state index in [1.807, 2.05) is 55.6 Å². The van der Waals surface area contributed by atoms with Crippen molar-refractivity contribution in [2.24, 2.45) is 0 Å². The minimum Gasteiger partial charge on any atom is -0.494 e. The topological polar surface area (TPSA) is 62.6 Å². The van der Waals surface area contributed by atoms with Crippen molar-refractivity contribution >= 4 is 17.8 Å². The normalized spacial score (nSPS) is 16.2. The second kappa shape index (κ2) is 15.1. The molecule has 2 aliphatic rings. The fourth-order valence-corrected chi connectivity index (χ4v) is 4.08. The predicted molar refractivity (Wildman–Crippen MR) is 147 cm³/mol. The largest absolute Gasteiger partial charge is 0.494 e. The molecule has 2 N–H and O–H groups in total. The molecular weight excluding hydrogens is 450 g/mol. The second-order valence-electron chi connectivity index (χ2n) is 9.20. The van der Waals surface area contributed by atoms with Gasteiger partial charge in [-0.3, -0.25) is 4.79 Å². The van der Waals surface area contributed by atoms with Crippen LogP contribution in [0, 0.1) is 0 Å². The van der Waals surface area contributed by atoms with Gasteiger partial charge in [0.05, 0.1) is 19.3 Å². The molecule has 0 aromatic heterocycles. The van der Waals surface area contributed by atoms with Crippen molar-refractivity contribution in [3.63, 3.8) is 0 Å². The van der Waals surface area contributed by atoms with Gasteiger partial charge >= 0.3 is 5.70 Å². The highest BCUT2D eigenvalue weighted by Crippen LogP contribution is 2.26. The minimum absolute atomic E-state index is 0.122. The van der Waals surface area contributed by atoms with Gasteiger partial charge in [-0.25, -0.2) is 0 Å². The van der Waals surface area contributed by atoms with E-state index in [1.165, 1.54) is 18.4 Å². The minimum atomic E-state index is -0.178. The van der Waals surface area contributed by atoms with Crippen LogP contribution in [0.4, 0.5) is 5.69 Å². The van der Waals surface area contributed by atoms with Crippen molar-refractivity contribution in [2.75, 3.05) is 25.0 Å². The molecule has 1 saturated carbocycles. The highest BCUT2D eigenvalue weighted by Gasteiger charge is 2.38. The Morgan fingerprint density at radius 2 is 1.67 bits per heavy atom. The summed E-state index contributed by atoms with van der Waals surface area (Å²) in [5.41, 5.74) is 2.88. The first-order chi connectivity index (χ1) is 17.6. The van der Waals surface area contributed by atoms with Crippen LogP contribution in [0.15, 0.2) is 66.1 Å². The van der Waals surface area contributed by atoms with Crippen molar-refractivity contribution in [3.05, 3.63) is 71.6 Å². The third-order valence-electron chi connectivity index (χ3n) is 5.92. The molecule has 0 unspecified atom stereocenters. The van der Waals surface area contributed by atoms with Crippen LogP contribution in [-0.2, 0) is 16.1 Å². The van der Waals surface area contributed by atoms with Crippen molar-refractivity contribution < 1.29 is 18.8 Å². The summed E-state index contributed by atoms with van der Waals surface area (Å²) in [6.07, 6.45) is 8.98. The summed E-state index contributed by atoms with van der Waals surface area (Å²) in [4.78, 5) is 13.0. The molecule has 1 fully saturated rings. The summed E-state index contributed by atoms with van der Waals surface area (Å²) in [7, 11) is 0. The number of hydrogen-bond donors (Lipinski definition) is 2. The molecule has 4 rings (SSSR count). The van der Waals surface area contributed by atoms with Gasteiger partial charge in [0, 0.05) is 12.2 Å². The molecule has 0 radical (unpaired) electrons. The molecule has 0 bridgehead atoms. The molecule has 6 nitrogen and oxygen atoms in total. The molecule has 1 heterocycles. The number of anilines is 1. The van der Waals surface area contributed by atoms with E-state index >= 15 is 0 Å². The van der Waals surface area contributed by atoms with Crippen LogP contribution in [-0.4, -0.2) is 42.5 Å². The zero-order valence-electron chi connectivity index (χ0n) is 22.1. The lowest BCUT2D eigenvalue weighted by molar-refractivity contribution is -0.404. The van der Waals surface area contributed by atoms with Gasteiger partial charge in [0.25, 0.3) is 11.7 Å². The summed E-state index contributed by atoms with van der Waals surface area (Å²) in [6, 6.07) is 17.7. The fraction of sp³-hybridized carbons (Fsp3) is 0.467. The molecule has 2 aromatic rings. The molecule has 1 aliphatic carbocycles. The van der Waals surface area contributed by atoms with Crippen molar-refractivity contribution in [1.82, 2.24) is 5.32 Å². The lowest BCUT2D eigenvalue weighted by atomic mass is 9.98. The Kier molecular flexibility index (Phi) is 11.5. The summed E-state index contributed by atoms with van der Waals surface area (Å²) in [5, 5.41) is 6.45. The third kappa shape index (κ3) is 9.15. The maximum atomic E-state index is 13.0. The number of ether oxygens (including phenoxy) is 2. The molecule has 0 atom stereocenters. The van der Waals surface area contributed by atoms with Gasteiger partial charge in [-0.2, -0.15) is 4.58 Å². The van der Waals surface area contributed by atoms with E-state index in [9.17, 15) is 4.79 Å². The standard InChI is InChI=1S/C27H33N3O3.C3H8/c1-2-32-23-15-13-21(14-16-23)19-28-17-18-30-20-25(30)26(33-24-11-7-4-8-12-24)27(31)29-22-9-5-3-6-10-22;1-3-2/h3,5-6,9-10,13-16,20,24,28H,2,4,7-8,11-12,17-19H2,1H3;3H2,1-2H3/p+1/b26-25-;. The number of carbonyl (C=O) groups excluding carboxylic acids is 1. The number of nitrogens with one attached hydrogen (secondary N) is 2. The first kappa shape index (κ1) is 27.5. The number of rotatable bonds is 11. The third-order valence-corrected chi connectivity index (χ3v) is 5.92. The zero-order chi connectivity index (χ0) is 25.6. The van der Waals surface area contributed by atoms with Crippen LogP contribution in [0.2, 0.25) is 0 Å². The van der Waals surface area contributed by atoms with Gasteiger partial charge in [-0.05, 0) is 62.4 Å². The van der Waals surface area contributed by atoms with Gasteiger partial charge in [0.15, 0.2) is 6.54 Å². The highest BCUT2D eigenvalue weighted by molar-refractivity contribution is 6.06. The Morgan fingerprint density at radius 1 is 0.972 bits per heavy atom. The monoisotopic (exact) mass is 492 g/mol. The molecule has 2 aromatic carbocycles. The van der Waals surface area contributed by atoms with Crippen LogP contribution in [0.25, 0.3) is 0 Å². The van der Waals surface area contributed by atoms with E-state index in [4.69, 9.17) is 9.47 Å². The molecule has 194 valence electrons. The van der Waals surface area contributed by atoms with Gasteiger partial charge in [-0.1, -0.05) is 57.0 Å². The lowest BCUT2D eigenvalue weighted by Crippen LogP contribution is -2.25. The van der Waals surface area contributed by atoms with Crippen molar-refractivity contribution in [3.8, 4) is 5.75 Å². The van der Waals surface area contributed by atoms with Crippen LogP contribution in [0.5, 0.6) is 5.75 Å². The average Bonchev–Trinajstić information content (AvgIpc) is 3.67. The SMILES string of the molecule is CCC.CCOc1ccc(CNCC[N+]2=CC/2=C(/OC2CCCCC2)C(=O)Nc2ccccc2)cc1. The van der Waals surface area contributed by atoms with Crippen LogP contribution in [0.3, 0.4) is 0 Å². The Hall–Kier alpha value is -3.12. The fourth-order valence-electron chi connectivity index (χ4n) is 4.08. The number of benzene rings is 2. The summed E-state index contributed by atoms with van der Waals surface area (Å²) in [6.45, 7) is 9.31. The van der Waals surface area contributed by atoms with Gasteiger partial charge < -0.3 is 20.1 Å². The summed E-state index contributed by atoms with van der Waals surface area (Å²) < 4.78 is 13.8. The van der Waals surface area contributed by atoms with Crippen LogP contribution >= 0.6 is 0 Å². The highest BCUT2D eigenvalue weighted by atomic mass is 16.5. The molecule has 0 saturated heterocycles. The van der Waals surface area contributed by atoms with E-state index in [0.717, 1.165) is 62.5 Å². The second-order valence-corrected chi connectivity index (χ2v) is 9.20. The number of para-hydroxylation sites is 1. The Bertz CT molecular complexity index is 994. The number of nitrogens with zero attached hydrogens (tertiary/aromatic N) is 1. The van der Waals surface area contributed by atoms with Crippen LogP contribution < -0.4 is 15.4 Å². The Labute approximate surface area is 216 Å². The molecule has 1 amide bonds. The number of allylic oxidation sites excluding steroid dienone is 1. The maximum absolute atomic E-state index is 13.0. The van der Waals surface area contributed by atoms with E-state index in [0.29, 0.717) is 12.4 Å². The van der Waals surface area contributed by atoms with E-state index < -0.39 is 0 Å². The Morgan fingerprint density at radius 3 is 2.33 bits per heavy atom. The quantitative estimate of drug-likeness (QED) is 0.178. The van der Waals surface area contributed by atoms with Gasteiger partial charge in [-0.15, -0.1) is 0 Å². The van der Waals surface area contributed by atoms with E-state index in [-0.39, 0.29) is 12.0 Å². The summed E-state index contributed by atoms with van der Waals surface area (Å²) >= 11 is 0. The molecule has 36 heavy (non-hydrogen) atoms. The molecular formula is C30H42N3O3+. The smallest absolute Gasteiger partial charge is 0.317 e. The average molecular weight is 493 g/mol. The maximum Gasteiger partial charge on any atom is 0.317 e. The number of hydrogen-bond acceptors (Lipinski definition) is 4. The Balaban J connectivity index is 0.00000115. The zero-order valence-corrected chi connectivity index (χ0v) is 22.1. The summed E-state index contributed by atoms with van der Waals surface area (Å²) in [5.74, 6) is 1.16. The first-order valence-corrected chi connectivity index (χ1v) is 13.5. The number of amides is 1. The van der Waals surface area contributed by atoms with E-state index in [1.54, 1.807) is 0 Å². The van der Waals surface area contributed by atoms with Gasteiger partial charge in [0.2, 0.25) is 6.21 Å². The predicted octanol–water partition coefficient (Wildman–Crippen LogP) is 5.89. The lowest BCUT2D eigenvalue weighted by Gasteiger charge is -2.23. The number of carbonyl (C=O) groups is 1. The molecule has 0 spiro atoms. The van der Waals surface area contributed by atoms with Crippen LogP contribution in [0.1, 0.15) is 64.9 Å². The van der Waals surface area contributed by atoms with Crippen molar-refractivity contribution in [2.45, 2.75) is 71.9 Å². The molecule has 1 aliphatic heterocycles. The van der Waals surface area contributed by atoms with Crippen molar-refractivity contribution in [1.29, 1.82) is 0 Å². The molecule has 6 heteroatoms. The van der Waals surface area contributed by atoms with Gasteiger partial charge in [0.1, 0.15) is 5.75 Å². The van der Waals surface area contributed by atoms with E-state index in [2.05, 4.69) is 41.2 Å². The first-order valence-electron chi connectivity index (χ1n) is 13.5.